The molecule has 0 aromatic heterocycles. The van der Waals surface area contributed by atoms with Crippen molar-refractivity contribution >= 4 is 5.71 Å². The quantitative estimate of drug-likeness (QED) is 0.372. The van der Waals surface area contributed by atoms with E-state index in [1.54, 1.807) is 0 Å². The second-order valence-corrected chi connectivity index (χ2v) is 1.85. The highest BCUT2D eigenvalue weighted by atomic mass is 16.5. The number of aliphatic hydroxyl groups is 1. The minimum Gasteiger partial charge on any atom is -0.370 e. The molecule has 0 amide bonds. The first kappa shape index (κ1) is 5.68. The first-order valence-electron chi connectivity index (χ1n) is 2.23. The zero-order valence-corrected chi connectivity index (χ0v) is 4.51. The van der Waals surface area contributed by atoms with Crippen molar-refractivity contribution in [3.8, 4) is 0 Å². The molecule has 0 saturated heterocycles. The van der Waals surface area contributed by atoms with Gasteiger partial charge in [0.15, 0.2) is 5.72 Å². The third-order valence-electron chi connectivity index (χ3n) is 1.25. The molecule has 0 aliphatic heterocycles. The summed E-state index contributed by atoms with van der Waals surface area (Å²) in [6.07, 6.45) is -0.567. The summed E-state index contributed by atoms with van der Waals surface area (Å²) in [5.74, 6) is 0. The van der Waals surface area contributed by atoms with Gasteiger partial charge in [0, 0.05) is 7.11 Å². The van der Waals surface area contributed by atoms with Crippen LogP contribution >= 0.6 is 0 Å². The number of rotatable bonds is 1. The van der Waals surface area contributed by atoms with Crippen molar-refractivity contribution < 1.29 is 9.84 Å². The molecule has 0 radical (unpaired) electrons. The lowest BCUT2D eigenvalue weighted by molar-refractivity contribution is 0.0655. The highest BCUT2D eigenvalue weighted by Gasteiger charge is 2.58. The van der Waals surface area contributed by atoms with Crippen LogP contribution in [-0.2, 0) is 4.74 Å². The van der Waals surface area contributed by atoms with Gasteiger partial charge in [-0.25, -0.2) is 0 Å². The van der Waals surface area contributed by atoms with E-state index in [1.807, 2.05) is 0 Å². The molecule has 2 atom stereocenters. The van der Waals surface area contributed by atoms with Crippen LogP contribution in [0, 0.1) is 5.41 Å². The predicted octanol–water partition coefficient (Wildman–Crippen LogP) is -1.32. The van der Waals surface area contributed by atoms with Gasteiger partial charge >= 0.3 is 0 Å². The van der Waals surface area contributed by atoms with E-state index in [1.165, 1.54) is 7.11 Å². The topological polar surface area (TPSA) is 79.3 Å². The van der Waals surface area contributed by atoms with Crippen LogP contribution in [0.15, 0.2) is 0 Å². The standard InChI is InChI=1S/C4H8N2O2/c1-8-3-2(5)4(3,6)7/h3,5,7H,6H2,1H3/t3-,4?/m1/s1. The fourth-order valence-electron chi connectivity index (χ4n) is 0.605. The minimum atomic E-state index is -1.46. The molecule has 1 aliphatic rings. The molecule has 4 N–H and O–H groups in total. The summed E-state index contributed by atoms with van der Waals surface area (Å²) in [4.78, 5) is 0. The van der Waals surface area contributed by atoms with Gasteiger partial charge in [0.1, 0.15) is 6.10 Å². The highest BCUT2D eigenvalue weighted by Crippen LogP contribution is 2.27. The Bertz CT molecular complexity index is 132. The molecular formula is C4H8N2O2. The van der Waals surface area contributed by atoms with E-state index in [0.29, 0.717) is 0 Å². The Morgan fingerprint density at radius 1 is 2.00 bits per heavy atom. The molecule has 0 aromatic carbocycles. The zero-order chi connectivity index (χ0) is 6.36. The first-order valence-corrected chi connectivity index (χ1v) is 2.23. The van der Waals surface area contributed by atoms with Crippen LogP contribution in [0.3, 0.4) is 0 Å². The Labute approximate surface area is 46.8 Å². The van der Waals surface area contributed by atoms with E-state index in [9.17, 15) is 0 Å². The molecule has 0 bridgehead atoms. The summed E-state index contributed by atoms with van der Waals surface area (Å²) in [5.41, 5.74) is 3.66. The zero-order valence-electron chi connectivity index (χ0n) is 4.51. The Balaban J connectivity index is 2.58. The largest absolute Gasteiger partial charge is 0.370 e. The average molecular weight is 116 g/mol. The van der Waals surface area contributed by atoms with Gasteiger partial charge < -0.3 is 15.3 Å². The number of methoxy groups -OCH3 is 1. The van der Waals surface area contributed by atoms with Gasteiger partial charge in [-0.1, -0.05) is 0 Å². The van der Waals surface area contributed by atoms with Crippen molar-refractivity contribution in [3.63, 3.8) is 0 Å². The number of ether oxygens (including phenoxy) is 1. The fraction of sp³-hybridized carbons (Fsp3) is 0.750. The molecule has 1 rings (SSSR count). The maximum absolute atomic E-state index is 8.79. The lowest BCUT2D eigenvalue weighted by atomic mass is 10.6. The third-order valence-corrected chi connectivity index (χ3v) is 1.25. The SMILES string of the molecule is CO[C@@H]1C(=N)C1(N)O. The molecule has 4 nitrogen and oxygen atoms in total. The van der Waals surface area contributed by atoms with Gasteiger partial charge in [0.05, 0.1) is 5.71 Å². The van der Waals surface area contributed by atoms with Crippen molar-refractivity contribution in [1.29, 1.82) is 5.41 Å². The van der Waals surface area contributed by atoms with E-state index in [2.05, 4.69) is 4.74 Å². The highest BCUT2D eigenvalue weighted by molar-refractivity contribution is 6.10. The summed E-state index contributed by atoms with van der Waals surface area (Å²) in [5, 5.41) is 15.7. The van der Waals surface area contributed by atoms with Gasteiger partial charge in [0.2, 0.25) is 0 Å². The molecule has 1 fully saturated rings. The molecule has 1 aliphatic carbocycles. The maximum Gasteiger partial charge on any atom is 0.187 e. The molecule has 0 heterocycles. The van der Waals surface area contributed by atoms with Crippen LogP contribution in [0.2, 0.25) is 0 Å². The molecule has 0 spiro atoms. The second kappa shape index (κ2) is 1.28. The van der Waals surface area contributed by atoms with Crippen LogP contribution in [0.4, 0.5) is 0 Å². The Kier molecular flexibility index (Phi) is 0.910. The van der Waals surface area contributed by atoms with E-state index in [0.717, 1.165) is 0 Å². The predicted molar refractivity (Wildman–Crippen MR) is 27.7 cm³/mol. The lowest BCUT2D eigenvalue weighted by Crippen LogP contribution is -2.27. The third kappa shape index (κ3) is 0.475. The summed E-state index contributed by atoms with van der Waals surface area (Å²) in [6.45, 7) is 0. The average Bonchev–Trinajstić information content (AvgIpc) is 2.09. The van der Waals surface area contributed by atoms with Crippen LogP contribution < -0.4 is 5.73 Å². The van der Waals surface area contributed by atoms with Crippen molar-refractivity contribution in [2.24, 2.45) is 5.73 Å². The van der Waals surface area contributed by atoms with Crippen molar-refractivity contribution in [2.45, 2.75) is 11.8 Å². The minimum absolute atomic E-state index is 0.0556. The summed E-state index contributed by atoms with van der Waals surface area (Å²) < 4.78 is 4.59. The molecule has 4 heteroatoms. The number of nitrogens with one attached hydrogen (secondary N) is 1. The summed E-state index contributed by atoms with van der Waals surface area (Å²) in [6, 6.07) is 0. The Morgan fingerprint density at radius 3 is 2.38 bits per heavy atom. The van der Waals surface area contributed by atoms with Crippen LogP contribution in [0.5, 0.6) is 0 Å². The van der Waals surface area contributed by atoms with Crippen LogP contribution in [0.1, 0.15) is 0 Å². The van der Waals surface area contributed by atoms with Gasteiger partial charge in [0.25, 0.3) is 0 Å². The van der Waals surface area contributed by atoms with Gasteiger partial charge in [-0.15, -0.1) is 0 Å². The monoisotopic (exact) mass is 116 g/mol. The summed E-state index contributed by atoms with van der Waals surface area (Å²) in [7, 11) is 1.41. The van der Waals surface area contributed by atoms with Gasteiger partial charge in [-0.3, -0.25) is 5.73 Å². The Hall–Kier alpha value is -0.450. The molecule has 1 unspecified atom stereocenters. The summed E-state index contributed by atoms with van der Waals surface area (Å²) >= 11 is 0. The van der Waals surface area contributed by atoms with Crippen LogP contribution in [0.25, 0.3) is 0 Å². The van der Waals surface area contributed by atoms with Gasteiger partial charge in [-0.2, -0.15) is 0 Å². The van der Waals surface area contributed by atoms with Crippen molar-refractivity contribution in [3.05, 3.63) is 0 Å². The van der Waals surface area contributed by atoms with E-state index < -0.39 is 11.8 Å². The van der Waals surface area contributed by atoms with E-state index in [4.69, 9.17) is 16.2 Å². The number of hydrogen-bond donors (Lipinski definition) is 3. The smallest absolute Gasteiger partial charge is 0.187 e. The lowest BCUT2D eigenvalue weighted by Gasteiger charge is -1.94. The second-order valence-electron chi connectivity index (χ2n) is 1.85. The Morgan fingerprint density at radius 2 is 2.38 bits per heavy atom. The molecule has 1 saturated carbocycles. The van der Waals surface area contributed by atoms with E-state index >= 15 is 0 Å². The van der Waals surface area contributed by atoms with Crippen LogP contribution in [-0.4, -0.2) is 29.8 Å². The number of hydrogen-bond acceptors (Lipinski definition) is 4. The molecule has 0 aromatic rings. The normalized spacial score (nSPS) is 44.9. The fourth-order valence-corrected chi connectivity index (χ4v) is 0.605. The van der Waals surface area contributed by atoms with E-state index in [-0.39, 0.29) is 5.71 Å². The molecule has 8 heavy (non-hydrogen) atoms. The van der Waals surface area contributed by atoms with Gasteiger partial charge in [-0.05, 0) is 0 Å². The molecule has 46 valence electrons. The molecular weight excluding hydrogens is 108 g/mol. The van der Waals surface area contributed by atoms with Crippen molar-refractivity contribution in [1.82, 2.24) is 0 Å². The number of nitrogens with two attached hydrogens (primary N) is 1. The van der Waals surface area contributed by atoms with Crippen molar-refractivity contribution in [2.75, 3.05) is 7.11 Å². The first-order chi connectivity index (χ1) is 3.60. The maximum atomic E-state index is 8.79.